The maximum Gasteiger partial charge on any atom is 0.573 e. The molecule has 2 saturated carbocycles. The number of nitrogen functional groups attached to an aromatic ring is 1. The van der Waals surface area contributed by atoms with Gasteiger partial charge in [-0.05, 0) is 56.7 Å². The SMILES string of the molecule is COc1ccn(C2C[C@@H]3C(c4cc(-c5cnc(N)c(OC(F)(F)F)c5)nn4C(C)C)[C@@H]3C2)c1. The third-order valence-corrected chi connectivity index (χ3v) is 6.76. The van der Waals surface area contributed by atoms with Crippen LogP contribution in [0.4, 0.5) is 19.0 Å². The fourth-order valence-corrected chi connectivity index (χ4v) is 5.25. The van der Waals surface area contributed by atoms with Gasteiger partial charge >= 0.3 is 6.36 Å². The van der Waals surface area contributed by atoms with E-state index in [9.17, 15) is 13.2 Å². The Kier molecular flexibility index (Phi) is 5.06. The van der Waals surface area contributed by atoms with Crippen LogP contribution in [0.3, 0.4) is 0 Å². The maximum atomic E-state index is 12.7. The quantitative estimate of drug-likeness (QED) is 0.547. The lowest BCUT2D eigenvalue weighted by Crippen LogP contribution is -2.18. The zero-order valence-electron chi connectivity index (χ0n) is 18.6. The van der Waals surface area contributed by atoms with Crippen LogP contribution < -0.4 is 15.2 Å². The summed E-state index contributed by atoms with van der Waals surface area (Å²) in [5.41, 5.74) is 7.70. The molecule has 3 heterocycles. The van der Waals surface area contributed by atoms with Gasteiger partial charge in [0.05, 0.1) is 12.8 Å². The largest absolute Gasteiger partial charge is 0.573 e. The predicted octanol–water partition coefficient (Wildman–Crippen LogP) is 5.18. The second-order valence-electron chi connectivity index (χ2n) is 9.13. The van der Waals surface area contributed by atoms with Gasteiger partial charge in [-0.3, -0.25) is 4.68 Å². The number of halogens is 3. The minimum atomic E-state index is -4.84. The van der Waals surface area contributed by atoms with Crippen LogP contribution in [0.15, 0.2) is 36.8 Å². The molecule has 176 valence electrons. The lowest BCUT2D eigenvalue weighted by molar-refractivity contribution is -0.274. The van der Waals surface area contributed by atoms with E-state index in [1.54, 1.807) is 7.11 Å². The van der Waals surface area contributed by atoms with E-state index in [1.165, 1.54) is 12.3 Å². The number of alkyl halides is 3. The molecule has 0 radical (unpaired) electrons. The van der Waals surface area contributed by atoms with Gasteiger partial charge in [-0.25, -0.2) is 4.98 Å². The van der Waals surface area contributed by atoms with Crippen molar-refractivity contribution in [2.75, 3.05) is 12.8 Å². The topological polar surface area (TPSA) is 80.1 Å². The number of pyridine rings is 1. The summed E-state index contributed by atoms with van der Waals surface area (Å²) in [4.78, 5) is 3.88. The first-order valence-corrected chi connectivity index (χ1v) is 11.0. The van der Waals surface area contributed by atoms with Gasteiger partial charge in [0.25, 0.3) is 0 Å². The fraction of sp³-hybridized carbons (Fsp3) is 0.478. The third-order valence-electron chi connectivity index (χ3n) is 6.76. The molecule has 0 spiro atoms. The molecule has 0 aromatic carbocycles. The minimum Gasteiger partial charge on any atom is -0.495 e. The Bertz CT molecular complexity index is 1160. The summed E-state index contributed by atoms with van der Waals surface area (Å²) in [7, 11) is 1.67. The first kappa shape index (κ1) is 21.7. The molecule has 5 rings (SSSR count). The molecule has 2 fully saturated rings. The average Bonchev–Trinajstić information content (AvgIpc) is 3.23. The Hall–Kier alpha value is -3.17. The van der Waals surface area contributed by atoms with Crippen molar-refractivity contribution in [2.45, 2.75) is 51.1 Å². The Morgan fingerprint density at radius 1 is 1.18 bits per heavy atom. The molecule has 2 unspecified atom stereocenters. The van der Waals surface area contributed by atoms with Crippen LogP contribution in [0.5, 0.6) is 11.5 Å². The van der Waals surface area contributed by atoms with E-state index in [4.69, 9.17) is 15.6 Å². The van der Waals surface area contributed by atoms with Crippen LogP contribution in [0.2, 0.25) is 0 Å². The number of nitrogens with two attached hydrogens (primary N) is 1. The number of hydrogen-bond donors (Lipinski definition) is 1. The van der Waals surface area contributed by atoms with Gasteiger partial charge in [0.15, 0.2) is 11.6 Å². The molecule has 2 N–H and O–H groups in total. The Balaban J connectivity index is 1.38. The molecular formula is C23H26F3N5O2. The van der Waals surface area contributed by atoms with Crippen LogP contribution in [0, 0.1) is 11.8 Å². The smallest absolute Gasteiger partial charge is 0.495 e. The molecule has 2 aliphatic rings. The van der Waals surface area contributed by atoms with Crippen LogP contribution in [-0.2, 0) is 0 Å². The van der Waals surface area contributed by atoms with Crippen molar-refractivity contribution >= 4 is 5.82 Å². The molecule has 0 bridgehead atoms. The molecule has 4 atom stereocenters. The van der Waals surface area contributed by atoms with Crippen molar-refractivity contribution in [3.63, 3.8) is 0 Å². The summed E-state index contributed by atoms with van der Waals surface area (Å²) < 4.78 is 51.7. The Labute approximate surface area is 189 Å². The van der Waals surface area contributed by atoms with Gasteiger partial charge < -0.3 is 19.8 Å². The zero-order valence-corrected chi connectivity index (χ0v) is 18.6. The van der Waals surface area contributed by atoms with E-state index in [0.717, 1.165) is 24.3 Å². The predicted molar refractivity (Wildman–Crippen MR) is 116 cm³/mol. The summed E-state index contributed by atoms with van der Waals surface area (Å²) in [6.07, 6.45) is 2.85. The van der Waals surface area contributed by atoms with E-state index < -0.39 is 12.1 Å². The van der Waals surface area contributed by atoms with Crippen molar-refractivity contribution < 1.29 is 22.6 Å². The first-order valence-electron chi connectivity index (χ1n) is 11.0. The number of hydrogen-bond acceptors (Lipinski definition) is 5. The van der Waals surface area contributed by atoms with Gasteiger partial charge in [-0.15, -0.1) is 13.2 Å². The van der Waals surface area contributed by atoms with E-state index in [2.05, 4.69) is 20.5 Å². The zero-order chi connectivity index (χ0) is 23.5. The van der Waals surface area contributed by atoms with Gasteiger partial charge in [-0.2, -0.15) is 5.10 Å². The Morgan fingerprint density at radius 3 is 2.52 bits per heavy atom. The lowest BCUT2D eigenvalue weighted by Gasteiger charge is -2.17. The first-order chi connectivity index (χ1) is 15.6. The molecule has 0 saturated heterocycles. The van der Waals surface area contributed by atoms with Gasteiger partial charge in [-0.1, -0.05) is 0 Å². The number of nitrogens with zero attached hydrogens (tertiary/aromatic N) is 4. The molecule has 33 heavy (non-hydrogen) atoms. The summed E-state index contributed by atoms with van der Waals surface area (Å²) in [5.74, 6) is 1.56. The number of methoxy groups -OCH3 is 1. The van der Waals surface area contributed by atoms with E-state index in [1.807, 2.05) is 36.9 Å². The summed E-state index contributed by atoms with van der Waals surface area (Å²) in [6.45, 7) is 4.10. The van der Waals surface area contributed by atoms with Crippen LogP contribution in [0.1, 0.15) is 50.4 Å². The Morgan fingerprint density at radius 2 is 1.91 bits per heavy atom. The van der Waals surface area contributed by atoms with E-state index in [-0.39, 0.29) is 11.9 Å². The molecule has 7 nitrogen and oxygen atoms in total. The second kappa shape index (κ2) is 7.71. The average molecular weight is 461 g/mol. The maximum absolute atomic E-state index is 12.7. The number of aromatic nitrogens is 4. The standard InChI is InChI=1S/C23H26F3N5O2/c1-12(2)31-19(21-16-7-14(8-17(16)21)30-5-4-15(11-30)32-3)9-18(29-31)13-6-20(22(27)28-10-13)33-23(24,25)26/h4-6,9-12,14,16-17,21H,7-8H2,1-3H3,(H2,27,28)/t14?,16-,17+,21?. The highest BCUT2D eigenvalue weighted by atomic mass is 19.4. The van der Waals surface area contributed by atoms with Gasteiger partial charge in [0, 0.05) is 47.8 Å². The molecule has 0 aliphatic heterocycles. The highest BCUT2D eigenvalue weighted by molar-refractivity contribution is 5.64. The molecule has 0 amide bonds. The summed E-state index contributed by atoms with van der Waals surface area (Å²) in [6, 6.07) is 5.77. The molecule has 3 aromatic heterocycles. The molecular weight excluding hydrogens is 435 g/mol. The second-order valence-corrected chi connectivity index (χ2v) is 9.13. The number of anilines is 1. The minimum absolute atomic E-state index is 0.118. The van der Waals surface area contributed by atoms with Gasteiger partial charge in [0.2, 0.25) is 0 Å². The van der Waals surface area contributed by atoms with Crippen molar-refractivity contribution in [1.29, 1.82) is 0 Å². The number of ether oxygens (including phenoxy) is 2. The fourth-order valence-electron chi connectivity index (χ4n) is 5.25. The number of rotatable bonds is 6. The highest BCUT2D eigenvalue weighted by Gasteiger charge is 2.58. The monoisotopic (exact) mass is 461 g/mol. The van der Waals surface area contributed by atoms with Crippen molar-refractivity contribution in [3.05, 3.63) is 42.5 Å². The van der Waals surface area contributed by atoms with Crippen LogP contribution in [0.25, 0.3) is 11.3 Å². The van der Waals surface area contributed by atoms with E-state index in [0.29, 0.717) is 35.1 Å². The normalized spacial score (nSPS) is 24.2. The summed E-state index contributed by atoms with van der Waals surface area (Å²) >= 11 is 0. The van der Waals surface area contributed by atoms with Crippen molar-refractivity contribution in [1.82, 2.24) is 19.3 Å². The molecule has 10 heteroatoms. The van der Waals surface area contributed by atoms with Gasteiger partial charge in [0.1, 0.15) is 5.75 Å². The van der Waals surface area contributed by atoms with E-state index >= 15 is 0 Å². The highest BCUT2D eigenvalue weighted by Crippen LogP contribution is 2.66. The molecule has 3 aromatic rings. The molecule has 2 aliphatic carbocycles. The van der Waals surface area contributed by atoms with Crippen LogP contribution in [-0.4, -0.2) is 32.8 Å². The third kappa shape index (κ3) is 4.02. The lowest BCUT2D eigenvalue weighted by atomic mass is 10.0. The van der Waals surface area contributed by atoms with Crippen molar-refractivity contribution in [3.8, 4) is 22.8 Å². The van der Waals surface area contributed by atoms with Crippen LogP contribution >= 0.6 is 0 Å². The summed E-state index contributed by atoms with van der Waals surface area (Å²) in [5, 5.41) is 4.70. The number of fused-ring (bicyclic) bond motifs is 1. The van der Waals surface area contributed by atoms with Crippen molar-refractivity contribution in [2.24, 2.45) is 11.8 Å².